The lowest BCUT2D eigenvalue weighted by atomic mass is 9.56. The number of allylic oxidation sites excluding steroid dienone is 4. The van der Waals surface area contributed by atoms with E-state index < -0.39 is 6.62 Å². The Hall–Kier alpha value is -0.0900. The lowest BCUT2D eigenvalue weighted by Crippen LogP contribution is -2.38. The summed E-state index contributed by atoms with van der Waals surface area (Å²) in [6.07, 6.45) is 45.7. The van der Waals surface area contributed by atoms with Crippen LogP contribution in [-0.4, -0.2) is 6.62 Å². The van der Waals surface area contributed by atoms with E-state index in [9.17, 15) is 0 Å². The van der Waals surface area contributed by atoms with E-state index in [1.165, 1.54) is 90.3 Å². The van der Waals surface area contributed by atoms with Crippen molar-refractivity contribution >= 4 is 9.24 Å². The second-order valence-electron chi connectivity index (χ2n) is 19.0. The van der Waals surface area contributed by atoms with Crippen LogP contribution < -0.4 is 0 Å². The molecule has 46 heavy (non-hydrogen) atoms. The Balaban J connectivity index is 0.0000000971. The van der Waals surface area contributed by atoms with Crippen LogP contribution in [0.2, 0.25) is 0 Å². The molecule has 0 aromatic rings. The lowest BCUT2D eigenvalue weighted by molar-refractivity contribution is 0.0198. The van der Waals surface area contributed by atoms with E-state index in [0.717, 1.165) is 23.7 Å². The van der Waals surface area contributed by atoms with Crippen molar-refractivity contribution in [2.45, 2.75) is 155 Å². The molecule has 0 N–H and O–H groups in total. The zero-order valence-corrected chi connectivity index (χ0v) is 30.1. The van der Waals surface area contributed by atoms with Gasteiger partial charge in [-0.2, -0.15) is 0 Å². The molecular weight excluding hydrogens is 571 g/mol. The molecule has 0 aliphatic heterocycles. The van der Waals surface area contributed by atoms with E-state index in [4.69, 9.17) is 2.74 Å². The van der Waals surface area contributed by atoms with Crippen molar-refractivity contribution in [1.29, 1.82) is 0 Å². The van der Waals surface area contributed by atoms with Crippen LogP contribution in [0.15, 0.2) is 24.3 Å². The molecule has 0 aromatic heterocycles. The minimum Gasteiger partial charge on any atom is -0.141 e. The summed E-state index contributed by atoms with van der Waals surface area (Å²) in [5.41, 5.74) is 0. The Morgan fingerprint density at radius 2 is 0.848 bits per heavy atom. The van der Waals surface area contributed by atoms with Gasteiger partial charge in [0.05, 0.1) is 0 Å². The SMILES string of the molecule is C.C1=CC2CC(C1)C1CC=CC21.C1C2CC3CC1CC(C2)C3.C1CC2CC(C1)C1CCCC21.C1CC2CC(C1)C1CCCC21.[2H]C([2H])P. The maximum absolute atomic E-state index is 6.21. The van der Waals surface area contributed by atoms with Gasteiger partial charge in [-0.25, -0.2) is 0 Å². The second-order valence-corrected chi connectivity index (χ2v) is 19.0. The molecule has 0 amide bonds. The van der Waals surface area contributed by atoms with E-state index >= 15 is 0 Å². The molecule has 13 aliphatic rings. The van der Waals surface area contributed by atoms with Gasteiger partial charge in [0.2, 0.25) is 0 Å². The van der Waals surface area contributed by atoms with Crippen molar-refractivity contribution in [2.75, 3.05) is 6.62 Å². The fraction of sp³-hybridized carbons (Fsp3) is 0.911. The maximum atomic E-state index is 6.21. The minimum atomic E-state index is -0.750. The fourth-order valence-electron chi connectivity index (χ4n) is 15.7. The van der Waals surface area contributed by atoms with Gasteiger partial charge >= 0.3 is 0 Å². The second kappa shape index (κ2) is 15.4. The summed E-state index contributed by atoms with van der Waals surface area (Å²) in [7, 11) is 1.99. The molecular formula is C45H75P. The monoisotopic (exact) mass is 649 g/mol. The van der Waals surface area contributed by atoms with Crippen LogP contribution in [0.3, 0.4) is 0 Å². The Labute approximate surface area is 292 Å². The minimum absolute atomic E-state index is 0. The molecule has 13 unspecified atom stereocenters. The molecule has 13 aliphatic carbocycles. The van der Waals surface area contributed by atoms with Crippen molar-refractivity contribution in [2.24, 2.45) is 94.7 Å². The summed E-state index contributed by atoms with van der Waals surface area (Å²) in [6, 6.07) is 0. The summed E-state index contributed by atoms with van der Waals surface area (Å²) in [5, 5.41) is 0. The third-order valence-corrected chi connectivity index (χ3v) is 16.9. The third-order valence-electron chi connectivity index (χ3n) is 16.9. The zero-order valence-electron chi connectivity index (χ0n) is 31.0. The van der Waals surface area contributed by atoms with Gasteiger partial charge in [-0.05, 0) is 191 Å². The number of rotatable bonds is 0. The quantitative estimate of drug-likeness (QED) is 0.181. The summed E-state index contributed by atoms with van der Waals surface area (Å²) in [6.45, 7) is -0.750. The smallest absolute Gasteiger partial charge is 0.0274 e. The highest BCUT2D eigenvalue weighted by molar-refractivity contribution is 7.15. The Kier molecular flexibility index (Phi) is 10.7. The zero-order chi connectivity index (χ0) is 31.9. The highest BCUT2D eigenvalue weighted by Crippen LogP contribution is 2.58. The van der Waals surface area contributed by atoms with Crippen molar-refractivity contribution < 1.29 is 2.74 Å². The average molecular weight is 649 g/mol. The molecule has 13 rings (SSSR count). The van der Waals surface area contributed by atoms with Gasteiger partial charge in [-0.1, -0.05) is 89.7 Å². The van der Waals surface area contributed by atoms with E-state index in [1.54, 1.807) is 128 Å². The molecule has 11 saturated carbocycles. The van der Waals surface area contributed by atoms with Crippen LogP contribution >= 0.6 is 9.24 Å². The molecule has 0 aromatic carbocycles. The van der Waals surface area contributed by atoms with Crippen molar-refractivity contribution in [3.8, 4) is 0 Å². The van der Waals surface area contributed by atoms with E-state index in [1.807, 2.05) is 9.24 Å². The standard InChI is InChI=1S/2C11H18.C11H14.C10H16.CH5P.CH4/c3*1-3-8-7-9(4-1)11-6-2-5-10(8)11;1-7-2-9-4-8(1)5-10(3-7)6-9;1-2;/h2*8-11H,1-7H2;1-3,5,8-11H,4,6-7H2;7-10H,1-6H2;2H2,1H3;1H4/i;;;;1D2;. The summed E-state index contributed by atoms with van der Waals surface area (Å²) in [5.74, 6) is 18.1. The molecule has 10 bridgehead atoms. The molecule has 0 radical (unpaired) electrons. The van der Waals surface area contributed by atoms with Crippen molar-refractivity contribution in [3.63, 3.8) is 0 Å². The highest BCUT2D eigenvalue weighted by Gasteiger charge is 2.48. The molecule has 0 spiro atoms. The van der Waals surface area contributed by atoms with Crippen LogP contribution in [0.5, 0.6) is 0 Å². The Morgan fingerprint density at radius 1 is 0.457 bits per heavy atom. The van der Waals surface area contributed by atoms with Gasteiger partial charge in [0, 0.05) is 2.74 Å². The molecule has 13 atom stereocenters. The van der Waals surface area contributed by atoms with Crippen LogP contribution in [0.25, 0.3) is 0 Å². The summed E-state index contributed by atoms with van der Waals surface area (Å²) >= 11 is 0. The number of hydrogen-bond acceptors (Lipinski definition) is 0. The van der Waals surface area contributed by atoms with Gasteiger partial charge in [-0.15, -0.1) is 9.24 Å². The van der Waals surface area contributed by atoms with Crippen molar-refractivity contribution in [1.82, 2.24) is 0 Å². The van der Waals surface area contributed by atoms with E-state index in [2.05, 4.69) is 24.3 Å². The lowest BCUT2D eigenvalue weighted by Gasteiger charge is -2.49. The van der Waals surface area contributed by atoms with Gasteiger partial charge in [-0.3, -0.25) is 0 Å². The average Bonchev–Trinajstić information content (AvgIpc) is 3.91. The first-order valence-corrected chi connectivity index (χ1v) is 21.6. The first-order chi connectivity index (χ1) is 23.0. The molecule has 1 heteroatoms. The topological polar surface area (TPSA) is 0 Å². The molecule has 0 saturated heterocycles. The van der Waals surface area contributed by atoms with Crippen LogP contribution in [0.1, 0.15) is 158 Å². The predicted octanol–water partition coefficient (Wildman–Crippen LogP) is 13.2. The number of hydrogen-bond donors (Lipinski definition) is 0. The van der Waals surface area contributed by atoms with Crippen molar-refractivity contribution in [3.05, 3.63) is 24.3 Å². The fourth-order valence-corrected chi connectivity index (χ4v) is 15.7. The summed E-state index contributed by atoms with van der Waals surface area (Å²) < 4.78 is 12.4. The molecule has 11 fully saturated rings. The van der Waals surface area contributed by atoms with Gasteiger partial charge < -0.3 is 0 Å². The Bertz CT molecular complexity index is 952. The third kappa shape index (κ3) is 6.94. The molecule has 0 heterocycles. The van der Waals surface area contributed by atoms with Crippen LogP contribution in [-0.2, 0) is 0 Å². The molecule has 260 valence electrons. The largest absolute Gasteiger partial charge is 0.141 e. The first-order valence-electron chi connectivity index (χ1n) is 22.1. The predicted molar refractivity (Wildman–Crippen MR) is 203 cm³/mol. The molecule has 0 nitrogen and oxygen atoms in total. The van der Waals surface area contributed by atoms with Gasteiger partial charge in [0.25, 0.3) is 0 Å². The first kappa shape index (κ1) is 31.9. The van der Waals surface area contributed by atoms with E-state index in [0.29, 0.717) is 0 Å². The highest BCUT2D eigenvalue weighted by atomic mass is 31.0. The Morgan fingerprint density at radius 3 is 1.28 bits per heavy atom. The summed E-state index contributed by atoms with van der Waals surface area (Å²) in [4.78, 5) is 0. The normalized spacial score (nSPS) is 51.8. The number of fused-ring (bicyclic) bond motifs is 15. The maximum Gasteiger partial charge on any atom is 0.0274 e. The van der Waals surface area contributed by atoms with E-state index in [-0.39, 0.29) is 7.43 Å². The van der Waals surface area contributed by atoms with Gasteiger partial charge in [0.1, 0.15) is 0 Å². The van der Waals surface area contributed by atoms with Gasteiger partial charge in [0.15, 0.2) is 0 Å². The van der Waals surface area contributed by atoms with Crippen LogP contribution in [0, 0.1) is 94.7 Å². The van der Waals surface area contributed by atoms with Crippen LogP contribution in [0.4, 0.5) is 0 Å².